The molecular weight excluding hydrogens is 226 g/mol. The van der Waals surface area contributed by atoms with E-state index < -0.39 is 0 Å². The highest BCUT2D eigenvalue weighted by atomic mass is 32.2. The number of hydrogen-bond acceptors (Lipinski definition) is 2. The summed E-state index contributed by atoms with van der Waals surface area (Å²) < 4.78 is 0. The fourth-order valence-electron chi connectivity index (χ4n) is 2.44. The van der Waals surface area contributed by atoms with E-state index in [2.05, 4.69) is 37.8 Å². The van der Waals surface area contributed by atoms with Crippen LogP contribution in [0.5, 0.6) is 0 Å². The molecule has 0 amide bonds. The van der Waals surface area contributed by atoms with Crippen LogP contribution in [-0.4, -0.2) is 23.6 Å². The van der Waals surface area contributed by atoms with Gasteiger partial charge in [-0.2, -0.15) is 11.8 Å². The van der Waals surface area contributed by atoms with Crippen molar-refractivity contribution in [2.45, 2.75) is 77.0 Å². The second-order valence-corrected chi connectivity index (χ2v) is 6.86. The summed E-state index contributed by atoms with van der Waals surface area (Å²) in [5.41, 5.74) is 0. The average molecular weight is 257 g/mol. The van der Waals surface area contributed by atoms with E-state index in [4.69, 9.17) is 0 Å². The van der Waals surface area contributed by atoms with Crippen LogP contribution in [0.1, 0.15) is 65.7 Å². The van der Waals surface area contributed by atoms with Crippen molar-refractivity contribution in [1.29, 1.82) is 0 Å². The average Bonchev–Trinajstić information content (AvgIpc) is 2.58. The Labute approximate surface area is 113 Å². The molecule has 1 fully saturated rings. The molecule has 1 rings (SSSR count). The fourth-order valence-corrected chi connectivity index (χ4v) is 4.05. The number of nitrogens with one attached hydrogen (secondary N) is 1. The van der Waals surface area contributed by atoms with Gasteiger partial charge in [-0.05, 0) is 37.5 Å². The topological polar surface area (TPSA) is 12.0 Å². The molecule has 3 unspecified atom stereocenters. The van der Waals surface area contributed by atoms with Gasteiger partial charge >= 0.3 is 0 Å². The zero-order chi connectivity index (χ0) is 12.5. The molecule has 102 valence electrons. The lowest BCUT2D eigenvalue weighted by molar-refractivity contribution is 0.469. The Bertz CT molecular complexity index is 184. The van der Waals surface area contributed by atoms with Crippen LogP contribution in [0.3, 0.4) is 0 Å². The molecule has 17 heavy (non-hydrogen) atoms. The predicted molar refractivity (Wildman–Crippen MR) is 80.9 cm³/mol. The Morgan fingerprint density at radius 1 is 1.18 bits per heavy atom. The standard InChI is InChI=1S/C15H31NS/c1-4-11-16-14-9-7-6-8-10-15(14)17-12-13(3)5-2/h13-16H,4-12H2,1-3H3. The van der Waals surface area contributed by atoms with Crippen molar-refractivity contribution >= 4 is 11.8 Å². The highest BCUT2D eigenvalue weighted by molar-refractivity contribution is 7.99. The number of thioether (sulfide) groups is 1. The summed E-state index contributed by atoms with van der Waals surface area (Å²) in [7, 11) is 0. The molecule has 0 aromatic heterocycles. The van der Waals surface area contributed by atoms with Gasteiger partial charge in [-0.3, -0.25) is 0 Å². The minimum Gasteiger partial charge on any atom is -0.313 e. The third-order valence-corrected chi connectivity index (χ3v) is 5.65. The van der Waals surface area contributed by atoms with E-state index in [1.54, 1.807) is 0 Å². The summed E-state index contributed by atoms with van der Waals surface area (Å²) in [6.45, 7) is 8.17. The molecule has 2 heteroatoms. The number of rotatable bonds is 7. The first-order valence-electron chi connectivity index (χ1n) is 7.62. The van der Waals surface area contributed by atoms with Gasteiger partial charge in [-0.25, -0.2) is 0 Å². The van der Waals surface area contributed by atoms with E-state index in [-0.39, 0.29) is 0 Å². The molecule has 0 aliphatic heterocycles. The van der Waals surface area contributed by atoms with E-state index in [1.165, 1.54) is 57.2 Å². The molecule has 0 heterocycles. The Morgan fingerprint density at radius 2 is 1.94 bits per heavy atom. The molecule has 0 aromatic rings. The first-order valence-corrected chi connectivity index (χ1v) is 8.67. The van der Waals surface area contributed by atoms with Gasteiger partial charge in [0.25, 0.3) is 0 Å². The van der Waals surface area contributed by atoms with Crippen LogP contribution in [-0.2, 0) is 0 Å². The van der Waals surface area contributed by atoms with E-state index in [0.29, 0.717) is 0 Å². The van der Waals surface area contributed by atoms with E-state index in [9.17, 15) is 0 Å². The van der Waals surface area contributed by atoms with Gasteiger partial charge < -0.3 is 5.32 Å². The first-order chi connectivity index (χ1) is 8.27. The second kappa shape index (κ2) is 9.27. The summed E-state index contributed by atoms with van der Waals surface area (Å²) in [6.07, 6.45) is 9.75. The maximum absolute atomic E-state index is 3.78. The molecule has 1 saturated carbocycles. The maximum atomic E-state index is 3.78. The lowest BCUT2D eigenvalue weighted by Gasteiger charge is -2.26. The molecule has 1 nitrogen and oxygen atoms in total. The van der Waals surface area contributed by atoms with Crippen LogP contribution in [0.25, 0.3) is 0 Å². The van der Waals surface area contributed by atoms with E-state index >= 15 is 0 Å². The Kier molecular flexibility index (Phi) is 8.38. The van der Waals surface area contributed by atoms with Gasteiger partial charge in [0.1, 0.15) is 0 Å². The molecule has 0 spiro atoms. The summed E-state index contributed by atoms with van der Waals surface area (Å²) in [5, 5.41) is 4.66. The molecule has 1 N–H and O–H groups in total. The van der Waals surface area contributed by atoms with Crippen molar-refractivity contribution in [1.82, 2.24) is 5.32 Å². The van der Waals surface area contributed by atoms with Gasteiger partial charge in [0.15, 0.2) is 0 Å². The molecule has 1 aliphatic carbocycles. The van der Waals surface area contributed by atoms with Gasteiger partial charge in [-0.1, -0.05) is 46.5 Å². The van der Waals surface area contributed by atoms with Crippen LogP contribution >= 0.6 is 11.8 Å². The van der Waals surface area contributed by atoms with Gasteiger partial charge in [0.2, 0.25) is 0 Å². The summed E-state index contributed by atoms with van der Waals surface area (Å²) >= 11 is 2.24. The number of hydrogen-bond donors (Lipinski definition) is 1. The van der Waals surface area contributed by atoms with Crippen LogP contribution in [0.15, 0.2) is 0 Å². The SMILES string of the molecule is CCCNC1CCCCCC1SCC(C)CC. The largest absolute Gasteiger partial charge is 0.313 e. The van der Waals surface area contributed by atoms with Crippen LogP contribution in [0, 0.1) is 5.92 Å². The van der Waals surface area contributed by atoms with Crippen molar-refractivity contribution < 1.29 is 0 Å². The third kappa shape index (κ3) is 6.15. The Balaban J connectivity index is 2.38. The van der Waals surface area contributed by atoms with Crippen LogP contribution < -0.4 is 5.32 Å². The third-order valence-electron chi connectivity index (χ3n) is 3.90. The minimum absolute atomic E-state index is 0.784. The quantitative estimate of drug-likeness (QED) is 0.676. The van der Waals surface area contributed by atoms with Crippen molar-refractivity contribution in [3.8, 4) is 0 Å². The Morgan fingerprint density at radius 3 is 2.65 bits per heavy atom. The molecular formula is C15H31NS. The van der Waals surface area contributed by atoms with Crippen molar-refractivity contribution in [2.75, 3.05) is 12.3 Å². The van der Waals surface area contributed by atoms with Crippen molar-refractivity contribution in [3.05, 3.63) is 0 Å². The fraction of sp³-hybridized carbons (Fsp3) is 1.00. The van der Waals surface area contributed by atoms with Crippen LogP contribution in [0.4, 0.5) is 0 Å². The van der Waals surface area contributed by atoms with Crippen LogP contribution in [0.2, 0.25) is 0 Å². The lowest BCUT2D eigenvalue weighted by Crippen LogP contribution is -2.38. The second-order valence-electron chi connectivity index (χ2n) is 5.58. The van der Waals surface area contributed by atoms with Gasteiger partial charge in [0.05, 0.1) is 0 Å². The first kappa shape index (κ1) is 15.4. The summed E-state index contributed by atoms with van der Waals surface area (Å²) in [4.78, 5) is 0. The molecule has 0 saturated heterocycles. The minimum atomic E-state index is 0.784. The molecule has 1 aliphatic rings. The molecule has 0 aromatic carbocycles. The molecule has 0 bridgehead atoms. The lowest BCUT2D eigenvalue weighted by atomic mass is 10.1. The van der Waals surface area contributed by atoms with Crippen molar-refractivity contribution in [2.24, 2.45) is 5.92 Å². The Hall–Kier alpha value is 0.310. The monoisotopic (exact) mass is 257 g/mol. The summed E-state index contributed by atoms with van der Waals surface area (Å²) in [6, 6.07) is 0.784. The van der Waals surface area contributed by atoms with Gasteiger partial charge in [-0.15, -0.1) is 0 Å². The highest BCUT2D eigenvalue weighted by Crippen LogP contribution is 2.29. The molecule has 0 radical (unpaired) electrons. The smallest absolute Gasteiger partial charge is 0.0201 e. The van der Waals surface area contributed by atoms with Gasteiger partial charge in [0, 0.05) is 11.3 Å². The maximum Gasteiger partial charge on any atom is 0.0201 e. The van der Waals surface area contributed by atoms with Crippen molar-refractivity contribution in [3.63, 3.8) is 0 Å². The highest BCUT2D eigenvalue weighted by Gasteiger charge is 2.23. The zero-order valence-electron chi connectivity index (χ0n) is 12.0. The normalized spacial score (nSPS) is 27.7. The zero-order valence-corrected chi connectivity index (χ0v) is 12.8. The van der Waals surface area contributed by atoms with E-state index in [1.807, 2.05) is 0 Å². The molecule has 3 atom stereocenters. The summed E-state index contributed by atoms with van der Waals surface area (Å²) in [5.74, 6) is 2.24. The predicted octanol–water partition coefficient (Wildman–Crippen LogP) is 4.47. The van der Waals surface area contributed by atoms with E-state index in [0.717, 1.165) is 17.2 Å².